The van der Waals surface area contributed by atoms with Crippen molar-refractivity contribution in [1.29, 1.82) is 0 Å². The second-order valence-corrected chi connectivity index (χ2v) is 4.01. The van der Waals surface area contributed by atoms with Crippen LogP contribution in [0.4, 0.5) is 0 Å². The van der Waals surface area contributed by atoms with Gasteiger partial charge in [-0.2, -0.15) is 24.3 Å². The van der Waals surface area contributed by atoms with E-state index in [0.717, 1.165) is 25.7 Å². The predicted molar refractivity (Wildman–Crippen MR) is 86.3 cm³/mol. The third kappa shape index (κ3) is 32.3. The number of hydrogen-bond donors (Lipinski definition) is 0. The molecule has 0 fully saturated rings. The van der Waals surface area contributed by atoms with Gasteiger partial charge in [0, 0.05) is 0 Å². The van der Waals surface area contributed by atoms with E-state index in [1.165, 1.54) is 0 Å². The molecule has 0 aromatic heterocycles. The third-order valence-corrected chi connectivity index (χ3v) is 2.34. The summed E-state index contributed by atoms with van der Waals surface area (Å²) in [6, 6.07) is 0. The molecule has 0 atom stereocenters. The van der Waals surface area contributed by atoms with Crippen molar-refractivity contribution in [1.82, 2.24) is 0 Å². The number of allylic oxidation sites excluding steroid dienone is 16. The van der Waals surface area contributed by atoms with Crippen LogP contribution in [0.2, 0.25) is 0 Å². The summed E-state index contributed by atoms with van der Waals surface area (Å²) in [7, 11) is 0. The smallest absolute Gasteiger partial charge is 1.00 e. The van der Waals surface area contributed by atoms with Gasteiger partial charge in [-0.15, -0.1) is 25.7 Å². The van der Waals surface area contributed by atoms with Crippen molar-refractivity contribution < 1.29 is 97.2 Å². The summed E-state index contributed by atoms with van der Waals surface area (Å²) in [6.45, 7) is 0. The molecule has 4 aliphatic rings. The monoisotopic (exact) mass is 628 g/mol. The fraction of sp³-hybridized carbons (Fsp3) is 0.200. The minimum Gasteiger partial charge on any atom is -1.00 e. The Morgan fingerprint density at radius 3 is 0.654 bits per heavy atom. The molecule has 0 saturated carbocycles. The maximum atomic E-state index is 2.99. The molecule has 0 unspecified atom stereocenters. The first-order valence-electron chi connectivity index (χ1n) is 6.87. The van der Waals surface area contributed by atoms with E-state index in [2.05, 4.69) is 48.6 Å². The van der Waals surface area contributed by atoms with Gasteiger partial charge >= 0.3 is 47.6 Å². The van der Waals surface area contributed by atoms with Crippen LogP contribution < -0.4 is 49.6 Å². The average molecular weight is 629 g/mol. The first-order chi connectivity index (χ1) is 10.0. The van der Waals surface area contributed by atoms with Gasteiger partial charge in [-0.1, -0.05) is 0 Å². The molecule has 0 nitrogen and oxygen atoms in total. The standard InChI is InChI=1S/4C5H5.4ClH.Hf.Ti/c4*1-2-4-5-3-1;;;;;;/h4*1-3H,4H2;4*1H;;/q4*-1;;;;;2*+4/p-4. The molecule has 0 saturated heterocycles. The Bertz CT molecular complexity index is 348. The van der Waals surface area contributed by atoms with Crippen LogP contribution in [0.3, 0.4) is 0 Å². The number of halogens is 4. The van der Waals surface area contributed by atoms with Gasteiger partial charge in [-0.3, -0.25) is 24.3 Å². The van der Waals surface area contributed by atoms with E-state index >= 15 is 0 Å². The Labute approximate surface area is 218 Å². The Morgan fingerprint density at radius 1 is 0.423 bits per heavy atom. The fourth-order valence-electron chi connectivity index (χ4n) is 1.36. The van der Waals surface area contributed by atoms with Crippen LogP contribution in [0.15, 0.2) is 72.9 Å². The maximum absolute atomic E-state index is 2.99. The molecule has 0 aliphatic heterocycles. The summed E-state index contributed by atoms with van der Waals surface area (Å²) >= 11 is 0. The van der Waals surface area contributed by atoms with Crippen LogP contribution in [0.25, 0.3) is 0 Å². The maximum Gasteiger partial charge on any atom is 4.00 e. The van der Waals surface area contributed by atoms with Crippen molar-refractivity contribution in [3.8, 4) is 0 Å². The third-order valence-electron chi connectivity index (χ3n) is 2.34. The minimum atomic E-state index is 0. The van der Waals surface area contributed by atoms with E-state index in [1.54, 1.807) is 0 Å². The van der Waals surface area contributed by atoms with Gasteiger partial charge in [0.2, 0.25) is 0 Å². The van der Waals surface area contributed by atoms with E-state index in [4.69, 9.17) is 0 Å². The van der Waals surface area contributed by atoms with Gasteiger partial charge < -0.3 is 49.6 Å². The van der Waals surface area contributed by atoms with Gasteiger partial charge in [0.15, 0.2) is 0 Å². The van der Waals surface area contributed by atoms with Crippen LogP contribution in [0.5, 0.6) is 0 Å². The summed E-state index contributed by atoms with van der Waals surface area (Å²) in [5.41, 5.74) is 0. The topological polar surface area (TPSA) is 0 Å². The molecule has 0 N–H and O–H groups in total. The second-order valence-electron chi connectivity index (χ2n) is 4.01. The molecular weight excluding hydrogens is 608 g/mol. The molecule has 136 valence electrons. The zero-order valence-corrected chi connectivity index (χ0v) is 22.4. The quantitative estimate of drug-likeness (QED) is 0.185. The van der Waals surface area contributed by atoms with E-state index in [1.807, 2.05) is 48.6 Å². The van der Waals surface area contributed by atoms with Crippen molar-refractivity contribution >= 4 is 0 Å². The molecule has 0 amide bonds. The first kappa shape index (κ1) is 41.1. The summed E-state index contributed by atoms with van der Waals surface area (Å²) < 4.78 is 0. The molecule has 0 aromatic rings. The Hall–Kier alpha value is 0.664. The Balaban J connectivity index is -0.0000000476. The Kier molecular flexibility index (Phi) is 57.8. The van der Waals surface area contributed by atoms with Crippen LogP contribution in [0, 0.1) is 24.3 Å². The van der Waals surface area contributed by atoms with Gasteiger partial charge in [-0.05, 0) is 0 Å². The summed E-state index contributed by atoms with van der Waals surface area (Å²) in [5, 5.41) is 0. The van der Waals surface area contributed by atoms with Crippen LogP contribution in [0.1, 0.15) is 25.7 Å². The second kappa shape index (κ2) is 36.6. The SMILES string of the molecule is [C-]1=CC=CC1.[C-]1=CC=CC1.[C-]1=CC=CC1.[C-]1=CC=CC1.[Cl-].[Cl-].[Cl-].[Cl-].[Hf+4].[Ti+4]. The molecule has 6 heteroatoms. The van der Waals surface area contributed by atoms with Crippen molar-refractivity contribution in [2.24, 2.45) is 0 Å². The zero-order chi connectivity index (χ0) is 14.1. The van der Waals surface area contributed by atoms with Crippen LogP contribution in [-0.2, 0) is 47.6 Å². The average Bonchev–Trinajstić information content (AvgIpc) is 3.40. The molecule has 0 heterocycles. The van der Waals surface area contributed by atoms with Crippen molar-refractivity contribution in [3.63, 3.8) is 0 Å². The molecule has 0 radical (unpaired) electrons. The normalized spacial score (nSPS) is 13.5. The summed E-state index contributed by atoms with van der Waals surface area (Å²) in [6.07, 6.45) is 40.0. The van der Waals surface area contributed by atoms with E-state index < -0.39 is 0 Å². The van der Waals surface area contributed by atoms with Crippen molar-refractivity contribution in [2.45, 2.75) is 25.7 Å². The zero-order valence-electron chi connectivity index (χ0n) is 14.3. The molecule has 26 heavy (non-hydrogen) atoms. The molecular formula is C20H20Cl4HfTi. The summed E-state index contributed by atoms with van der Waals surface area (Å²) in [5.74, 6) is 0. The number of rotatable bonds is 0. The van der Waals surface area contributed by atoms with Crippen molar-refractivity contribution in [2.75, 3.05) is 0 Å². The summed E-state index contributed by atoms with van der Waals surface area (Å²) in [4.78, 5) is 0. The van der Waals surface area contributed by atoms with Gasteiger partial charge in [0.25, 0.3) is 0 Å². The minimum absolute atomic E-state index is 0. The van der Waals surface area contributed by atoms with Crippen LogP contribution >= 0.6 is 0 Å². The van der Waals surface area contributed by atoms with Crippen molar-refractivity contribution in [3.05, 3.63) is 97.2 Å². The number of hydrogen-bond acceptors (Lipinski definition) is 0. The first-order valence-corrected chi connectivity index (χ1v) is 6.87. The Morgan fingerprint density at radius 2 is 0.615 bits per heavy atom. The molecule has 4 rings (SSSR count). The van der Waals surface area contributed by atoms with E-state index in [9.17, 15) is 0 Å². The van der Waals surface area contributed by atoms with Gasteiger partial charge in [0.05, 0.1) is 0 Å². The van der Waals surface area contributed by atoms with Gasteiger partial charge in [-0.25, -0.2) is 48.6 Å². The van der Waals surface area contributed by atoms with Crippen LogP contribution in [-0.4, -0.2) is 0 Å². The van der Waals surface area contributed by atoms with Gasteiger partial charge in [0.1, 0.15) is 0 Å². The molecule has 0 spiro atoms. The fourth-order valence-corrected chi connectivity index (χ4v) is 1.36. The molecule has 4 aliphatic carbocycles. The molecule has 0 aromatic carbocycles. The predicted octanol–water partition coefficient (Wildman–Crippen LogP) is -6.77. The van der Waals surface area contributed by atoms with E-state index in [-0.39, 0.29) is 97.2 Å². The van der Waals surface area contributed by atoms with E-state index in [0.29, 0.717) is 0 Å². The largest absolute Gasteiger partial charge is 4.00 e. The molecule has 0 bridgehead atoms.